The lowest BCUT2D eigenvalue weighted by atomic mass is 9.86. The minimum atomic E-state index is -0.0442. The maximum atomic E-state index is 6.38. The van der Waals surface area contributed by atoms with Crippen molar-refractivity contribution in [3.63, 3.8) is 0 Å². The van der Waals surface area contributed by atoms with Gasteiger partial charge in [-0.05, 0) is 75.5 Å². The van der Waals surface area contributed by atoms with Crippen LogP contribution in [0.2, 0.25) is 0 Å². The molecule has 10 aromatic rings. The summed E-state index contributed by atoms with van der Waals surface area (Å²) in [4.78, 5) is 15.7. The molecule has 0 aliphatic heterocycles. The third-order valence-corrected chi connectivity index (χ3v) is 11.4. The van der Waals surface area contributed by atoms with Crippen molar-refractivity contribution >= 4 is 43.7 Å². The zero-order chi connectivity index (χ0) is 39.8. The smallest absolute Gasteiger partial charge is 0.166 e. The van der Waals surface area contributed by atoms with Crippen LogP contribution in [0.15, 0.2) is 162 Å². The van der Waals surface area contributed by atoms with E-state index < -0.39 is 0 Å². The number of hydrogen-bond acceptors (Lipinski definition) is 4. The highest BCUT2D eigenvalue weighted by Crippen LogP contribution is 2.41. The van der Waals surface area contributed by atoms with Gasteiger partial charge in [0.1, 0.15) is 11.2 Å². The Bertz CT molecular complexity index is 3050. The Labute approximate surface area is 338 Å². The lowest BCUT2D eigenvalue weighted by molar-refractivity contribution is 0.591. The SMILES string of the molecule is CC(C)(C)c1ccc2c3ccc(C(C)(C)C)cc3n(-c3ccc(-c4ccc5c(c4)oc4ccccc45)cc3-c3nc(-c4ccccc4)nc(-c4ccccc4)n3)c2c1. The normalized spacial score (nSPS) is 12.3. The molecule has 0 aliphatic carbocycles. The monoisotopic (exact) mass is 752 g/mol. The van der Waals surface area contributed by atoms with Gasteiger partial charge < -0.3 is 8.98 Å². The predicted octanol–water partition coefficient (Wildman–Crippen LogP) is 14.1. The number of para-hydroxylation sites is 1. The summed E-state index contributed by atoms with van der Waals surface area (Å²) in [7, 11) is 0. The number of aromatic nitrogens is 4. The minimum absolute atomic E-state index is 0.0442. The summed E-state index contributed by atoms with van der Waals surface area (Å²) < 4.78 is 8.81. The molecule has 3 heterocycles. The van der Waals surface area contributed by atoms with Gasteiger partial charge in [0, 0.05) is 38.2 Å². The van der Waals surface area contributed by atoms with Gasteiger partial charge >= 0.3 is 0 Å². The van der Waals surface area contributed by atoms with E-state index in [1.807, 2.05) is 48.5 Å². The average Bonchev–Trinajstić information content (AvgIpc) is 3.78. The van der Waals surface area contributed by atoms with Crippen molar-refractivity contribution < 1.29 is 4.42 Å². The molecule has 5 nitrogen and oxygen atoms in total. The van der Waals surface area contributed by atoms with E-state index in [1.165, 1.54) is 21.9 Å². The van der Waals surface area contributed by atoms with E-state index in [-0.39, 0.29) is 10.8 Å². The fraction of sp³-hybridized carbons (Fsp3) is 0.151. The fourth-order valence-corrected chi connectivity index (χ4v) is 8.14. The Kier molecular flexibility index (Phi) is 8.20. The first-order valence-electron chi connectivity index (χ1n) is 20.0. The van der Waals surface area contributed by atoms with Gasteiger partial charge in [-0.1, -0.05) is 157 Å². The van der Waals surface area contributed by atoms with Crippen molar-refractivity contribution in [2.24, 2.45) is 0 Å². The summed E-state index contributed by atoms with van der Waals surface area (Å²) in [6.45, 7) is 13.7. The van der Waals surface area contributed by atoms with Crippen molar-refractivity contribution in [1.82, 2.24) is 19.5 Å². The highest BCUT2D eigenvalue weighted by Gasteiger charge is 2.24. The molecule has 0 N–H and O–H groups in total. The predicted molar refractivity (Wildman–Crippen MR) is 241 cm³/mol. The molecule has 0 amide bonds. The third kappa shape index (κ3) is 6.15. The molecule has 5 heteroatoms. The number of furan rings is 1. The van der Waals surface area contributed by atoms with Crippen LogP contribution >= 0.6 is 0 Å². The topological polar surface area (TPSA) is 56.7 Å². The van der Waals surface area contributed by atoms with Gasteiger partial charge in [0.2, 0.25) is 0 Å². The molecule has 0 saturated carbocycles. The van der Waals surface area contributed by atoms with Crippen LogP contribution in [0, 0.1) is 0 Å². The Morgan fingerprint density at radius 1 is 0.397 bits per heavy atom. The molecule has 3 aromatic heterocycles. The maximum absolute atomic E-state index is 6.38. The third-order valence-electron chi connectivity index (χ3n) is 11.4. The van der Waals surface area contributed by atoms with Crippen LogP contribution < -0.4 is 0 Å². The Morgan fingerprint density at radius 2 is 0.879 bits per heavy atom. The largest absolute Gasteiger partial charge is 0.456 e. The molecule has 10 rings (SSSR count). The first-order valence-corrected chi connectivity index (χ1v) is 20.0. The van der Waals surface area contributed by atoms with E-state index in [2.05, 4.69) is 155 Å². The van der Waals surface area contributed by atoms with Crippen molar-refractivity contribution in [2.75, 3.05) is 0 Å². The van der Waals surface area contributed by atoms with E-state index >= 15 is 0 Å². The zero-order valence-electron chi connectivity index (χ0n) is 33.7. The number of benzene rings is 7. The second kappa shape index (κ2) is 13.4. The first-order chi connectivity index (χ1) is 28.0. The van der Waals surface area contributed by atoms with Crippen LogP contribution in [-0.2, 0) is 10.8 Å². The van der Waals surface area contributed by atoms with Crippen LogP contribution in [0.1, 0.15) is 52.7 Å². The molecule has 0 bridgehead atoms. The van der Waals surface area contributed by atoms with Crippen molar-refractivity contribution in [2.45, 2.75) is 52.4 Å². The van der Waals surface area contributed by atoms with E-state index in [9.17, 15) is 0 Å². The standard InChI is InChI=1S/C53H44N4O/c1-52(2,3)37-23-26-39-40-27-24-38(53(4,5)6)32-46(40)57(45(39)31-37)44-28-22-35(36-21-25-42-41-19-13-14-20-47(41)58-48(42)30-36)29-43(44)51-55-49(33-15-9-7-10-16-33)54-50(56-51)34-17-11-8-12-18-34/h7-32H,1-6H3. The molecule has 0 radical (unpaired) electrons. The molecule has 0 saturated heterocycles. The maximum Gasteiger partial charge on any atom is 0.166 e. The molecule has 0 aliphatic rings. The second-order valence-electron chi connectivity index (χ2n) is 17.4. The molecular formula is C53H44N4O. The first kappa shape index (κ1) is 35.6. The Hall–Kier alpha value is -6.85. The summed E-state index contributed by atoms with van der Waals surface area (Å²) >= 11 is 0. The van der Waals surface area contributed by atoms with E-state index in [4.69, 9.17) is 19.4 Å². The van der Waals surface area contributed by atoms with Gasteiger partial charge in [-0.2, -0.15) is 0 Å². The second-order valence-corrected chi connectivity index (χ2v) is 17.4. The molecule has 0 atom stereocenters. The molecule has 58 heavy (non-hydrogen) atoms. The summed E-state index contributed by atoms with van der Waals surface area (Å²) in [5, 5.41) is 4.63. The van der Waals surface area contributed by atoms with Crippen LogP contribution in [0.4, 0.5) is 0 Å². The van der Waals surface area contributed by atoms with Crippen molar-refractivity contribution in [3.05, 3.63) is 169 Å². The quantitative estimate of drug-likeness (QED) is 0.176. The number of fused-ring (bicyclic) bond motifs is 6. The molecule has 0 unspecified atom stereocenters. The number of nitrogens with zero attached hydrogens (tertiary/aromatic N) is 4. The van der Waals surface area contributed by atoms with Gasteiger partial charge in [0.15, 0.2) is 17.5 Å². The van der Waals surface area contributed by atoms with E-state index in [0.29, 0.717) is 17.5 Å². The summed E-state index contributed by atoms with van der Waals surface area (Å²) in [5.41, 5.74) is 12.3. The van der Waals surface area contributed by atoms with Crippen LogP contribution in [-0.4, -0.2) is 19.5 Å². The van der Waals surface area contributed by atoms with Gasteiger partial charge in [-0.25, -0.2) is 15.0 Å². The number of rotatable bonds is 5. The molecule has 0 spiro atoms. The zero-order valence-corrected chi connectivity index (χ0v) is 33.7. The minimum Gasteiger partial charge on any atom is -0.456 e. The summed E-state index contributed by atoms with van der Waals surface area (Å²) in [6, 6.07) is 55.7. The Balaban J connectivity index is 1.30. The van der Waals surface area contributed by atoms with Gasteiger partial charge in [0.25, 0.3) is 0 Å². The molecular weight excluding hydrogens is 709 g/mol. The lowest BCUT2D eigenvalue weighted by Gasteiger charge is -2.21. The van der Waals surface area contributed by atoms with E-state index in [0.717, 1.165) is 66.5 Å². The van der Waals surface area contributed by atoms with Gasteiger partial charge in [-0.3, -0.25) is 0 Å². The average molecular weight is 753 g/mol. The van der Waals surface area contributed by atoms with Crippen molar-refractivity contribution in [1.29, 1.82) is 0 Å². The fourth-order valence-electron chi connectivity index (χ4n) is 8.14. The highest BCUT2D eigenvalue weighted by atomic mass is 16.3. The van der Waals surface area contributed by atoms with E-state index in [1.54, 1.807) is 0 Å². The van der Waals surface area contributed by atoms with Crippen LogP contribution in [0.25, 0.3) is 94.7 Å². The van der Waals surface area contributed by atoms with Crippen molar-refractivity contribution in [3.8, 4) is 51.0 Å². The highest BCUT2D eigenvalue weighted by molar-refractivity contribution is 6.10. The van der Waals surface area contributed by atoms with Gasteiger partial charge in [-0.15, -0.1) is 0 Å². The number of hydrogen-bond donors (Lipinski definition) is 0. The molecule has 7 aromatic carbocycles. The van der Waals surface area contributed by atoms with Crippen LogP contribution in [0.3, 0.4) is 0 Å². The summed E-state index contributed by atoms with van der Waals surface area (Å²) in [6.07, 6.45) is 0. The lowest BCUT2D eigenvalue weighted by Crippen LogP contribution is -2.11. The van der Waals surface area contributed by atoms with Gasteiger partial charge in [0.05, 0.1) is 16.7 Å². The van der Waals surface area contributed by atoms with Crippen LogP contribution in [0.5, 0.6) is 0 Å². The Morgan fingerprint density at radius 3 is 1.47 bits per heavy atom. The summed E-state index contributed by atoms with van der Waals surface area (Å²) in [5.74, 6) is 1.84. The molecule has 282 valence electrons. The molecule has 0 fully saturated rings.